The van der Waals surface area contributed by atoms with Gasteiger partial charge in [0.15, 0.2) is 10.8 Å². The lowest BCUT2D eigenvalue weighted by Gasteiger charge is -2.52. The molecule has 1 aliphatic carbocycles. The summed E-state index contributed by atoms with van der Waals surface area (Å²) in [5.41, 5.74) is -5.64. The van der Waals surface area contributed by atoms with Crippen molar-refractivity contribution >= 4 is 23.9 Å². The van der Waals surface area contributed by atoms with Crippen LogP contribution in [0.2, 0.25) is 0 Å². The van der Waals surface area contributed by atoms with Crippen LogP contribution in [0.5, 0.6) is 0 Å². The van der Waals surface area contributed by atoms with E-state index < -0.39 is 47.0 Å². The third kappa shape index (κ3) is 1.12. The maximum atomic E-state index is 11.1. The van der Waals surface area contributed by atoms with Gasteiger partial charge in [0, 0.05) is 0 Å². The van der Waals surface area contributed by atoms with Gasteiger partial charge in [-0.25, -0.2) is 0 Å². The molecule has 1 fully saturated rings. The Morgan fingerprint density at radius 1 is 0.882 bits per heavy atom. The van der Waals surface area contributed by atoms with E-state index in [1.807, 2.05) is 0 Å². The van der Waals surface area contributed by atoms with Crippen LogP contribution in [-0.4, -0.2) is 44.3 Å². The molecule has 0 heterocycles. The van der Waals surface area contributed by atoms with Gasteiger partial charge in [-0.3, -0.25) is 19.2 Å². The number of carboxylic acids is 4. The molecule has 0 saturated heterocycles. The zero-order valence-electron chi connectivity index (χ0n) is 8.71. The van der Waals surface area contributed by atoms with Crippen LogP contribution >= 0.6 is 0 Å². The van der Waals surface area contributed by atoms with E-state index in [0.717, 1.165) is 0 Å². The summed E-state index contributed by atoms with van der Waals surface area (Å²) in [4.78, 5) is 44.2. The molecule has 1 unspecified atom stereocenters. The average molecular weight is 246 g/mol. The number of hydrogen-bond donors (Lipinski definition) is 4. The van der Waals surface area contributed by atoms with E-state index in [9.17, 15) is 19.2 Å². The summed E-state index contributed by atoms with van der Waals surface area (Å²) >= 11 is 0. The van der Waals surface area contributed by atoms with E-state index in [0.29, 0.717) is 0 Å². The minimum atomic E-state index is -2.83. The van der Waals surface area contributed by atoms with Crippen molar-refractivity contribution in [2.45, 2.75) is 13.3 Å². The maximum Gasteiger partial charge on any atom is 0.323 e. The average Bonchev–Trinajstić information content (AvgIpc) is 2.10. The molecule has 0 aromatic heterocycles. The smallest absolute Gasteiger partial charge is 0.323 e. The highest BCUT2D eigenvalue weighted by atomic mass is 16.4. The molecule has 8 heteroatoms. The SMILES string of the molecule is CC1CC(C(=O)O)(C(=O)O)C1(C(=O)O)C(=O)O. The second-order valence-corrected chi connectivity index (χ2v) is 4.04. The Kier molecular flexibility index (Phi) is 2.62. The van der Waals surface area contributed by atoms with E-state index in [2.05, 4.69) is 0 Å². The third-order valence-corrected chi connectivity index (χ3v) is 3.43. The maximum absolute atomic E-state index is 11.1. The second-order valence-electron chi connectivity index (χ2n) is 4.04. The van der Waals surface area contributed by atoms with Gasteiger partial charge in [0.2, 0.25) is 0 Å². The van der Waals surface area contributed by atoms with Crippen molar-refractivity contribution in [2.75, 3.05) is 0 Å². The minimum Gasteiger partial charge on any atom is -0.480 e. The van der Waals surface area contributed by atoms with Crippen LogP contribution in [0.4, 0.5) is 0 Å². The number of carboxylic acid groups (broad SMARTS) is 4. The predicted molar refractivity (Wildman–Crippen MR) is 49.2 cm³/mol. The second kappa shape index (κ2) is 3.44. The first-order chi connectivity index (χ1) is 7.65. The van der Waals surface area contributed by atoms with Crippen LogP contribution in [0.1, 0.15) is 13.3 Å². The van der Waals surface area contributed by atoms with Crippen molar-refractivity contribution in [3.63, 3.8) is 0 Å². The lowest BCUT2D eigenvalue weighted by Crippen LogP contribution is -2.72. The molecule has 0 aromatic rings. The molecule has 0 aromatic carbocycles. The quantitative estimate of drug-likeness (QED) is 0.477. The van der Waals surface area contributed by atoms with E-state index in [4.69, 9.17) is 20.4 Å². The summed E-state index contributed by atoms with van der Waals surface area (Å²) in [6, 6.07) is 0. The summed E-state index contributed by atoms with van der Waals surface area (Å²) in [6.45, 7) is 1.20. The van der Waals surface area contributed by atoms with Gasteiger partial charge in [-0.1, -0.05) is 6.92 Å². The molecule has 0 bridgehead atoms. The molecule has 8 nitrogen and oxygen atoms in total. The standard InChI is InChI=1S/C9H10O8/c1-3-2-8(4(10)11,5(12)13)9(3,6(14)15)7(16)17/h3H,2H2,1H3,(H,10,11)(H,12,13)(H,14,15)(H,16,17). The molecule has 4 N–H and O–H groups in total. The predicted octanol–water partition coefficient (Wildman–Crippen LogP) is -0.663. The lowest BCUT2D eigenvalue weighted by molar-refractivity contribution is -0.223. The van der Waals surface area contributed by atoms with Gasteiger partial charge in [0.05, 0.1) is 0 Å². The molecular formula is C9H10O8. The van der Waals surface area contributed by atoms with Gasteiger partial charge >= 0.3 is 23.9 Å². The number of rotatable bonds is 4. The van der Waals surface area contributed by atoms with Crippen LogP contribution in [0.15, 0.2) is 0 Å². The van der Waals surface area contributed by atoms with Crippen molar-refractivity contribution in [1.82, 2.24) is 0 Å². The zero-order chi connectivity index (χ0) is 13.6. The highest BCUT2D eigenvalue weighted by molar-refractivity contribution is 6.15. The number of aliphatic carboxylic acids is 4. The van der Waals surface area contributed by atoms with Crippen molar-refractivity contribution in [3.8, 4) is 0 Å². The normalized spacial score (nSPS) is 24.4. The number of carbonyl (C=O) groups is 4. The van der Waals surface area contributed by atoms with Crippen LogP contribution in [-0.2, 0) is 19.2 Å². The Morgan fingerprint density at radius 3 is 1.35 bits per heavy atom. The lowest BCUT2D eigenvalue weighted by atomic mass is 9.43. The van der Waals surface area contributed by atoms with Gasteiger partial charge in [-0.2, -0.15) is 0 Å². The highest BCUT2D eigenvalue weighted by Crippen LogP contribution is 2.61. The molecular weight excluding hydrogens is 236 g/mol. The van der Waals surface area contributed by atoms with Crippen molar-refractivity contribution in [1.29, 1.82) is 0 Å². The van der Waals surface area contributed by atoms with Crippen LogP contribution in [0.3, 0.4) is 0 Å². The minimum absolute atomic E-state index is 0.531. The van der Waals surface area contributed by atoms with E-state index in [1.54, 1.807) is 0 Å². The molecule has 1 aliphatic rings. The molecule has 1 atom stereocenters. The van der Waals surface area contributed by atoms with E-state index >= 15 is 0 Å². The Morgan fingerprint density at radius 2 is 1.24 bits per heavy atom. The summed E-state index contributed by atoms with van der Waals surface area (Å²) in [7, 11) is 0. The largest absolute Gasteiger partial charge is 0.480 e. The Labute approximate surface area is 94.5 Å². The Balaban J connectivity index is 3.55. The summed E-state index contributed by atoms with van der Waals surface area (Å²) in [5.74, 6) is -8.88. The van der Waals surface area contributed by atoms with Crippen LogP contribution in [0, 0.1) is 16.7 Å². The fourth-order valence-corrected chi connectivity index (χ4v) is 2.54. The summed E-state index contributed by atoms with van der Waals surface area (Å²) < 4.78 is 0. The Bertz CT molecular complexity index is 395. The van der Waals surface area contributed by atoms with Crippen molar-refractivity contribution < 1.29 is 39.6 Å². The van der Waals surface area contributed by atoms with Crippen LogP contribution in [0.25, 0.3) is 0 Å². The van der Waals surface area contributed by atoms with Gasteiger partial charge < -0.3 is 20.4 Å². The fraction of sp³-hybridized carbons (Fsp3) is 0.556. The first-order valence-electron chi connectivity index (χ1n) is 4.59. The summed E-state index contributed by atoms with van der Waals surface area (Å²) in [6.07, 6.45) is -0.531. The van der Waals surface area contributed by atoms with E-state index in [1.165, 1.54) is 6.92 Å². The molecule has 1 saturated carbocycles. The molecule has 17 heavy (non-hydrogen) atoms. The molecule has 94 valence electrons. The van der Waals surface area contributed by atoms with E-state index in [-0.39, 0.29) is 0 Å². The monoisotopic (exact) mass is 246 g/mol. The van der Waals surface area contributed by atoms with Crippen molar-refractivity contribution in [2.24, 2.45) is 16.7 Å². The highest BCUT2D eigenvalue weighted by Gasteiger charge is 2.81. The van der Waals surface area contributed by atoms with Gasteiger partial charge in [0.1, 0.15) is 0 Å². The molecule has 0 radical (unpaired) electrons. The molecule has 0 aliphatic heterocycles. The van der Waals surface area contributed by atoms with Crippen molar-refractivity contribution in [3.05, 3.63) is 0 Å². The first-order valence-corrected chi connectivity index (χ1v) is 4.59. The fourth-order valence-electron chi connectivity index (χ4n) is 2.54. The van der Waals surface area contributed by atoms with Gasteiger partial charge in [-0.15, -0.1) is 0 Å². The third-order valence-electron chi connectivity index (χ3n) is 3.43. The molecule has 0 spiro atoms. The first kappa shape index (κ1) is 12.9. The number of hydrogen-bond acceptors (Lipinski definition) is 4. The van der Waals surface area contributed by atoms with Gasteiger partial charge in [-0.05, 0) is 12.3 Å². The zero-order valence-corrected chi connectivity index (χ0v) is 8.71. The topological polar surface area (TPSA) is 149 Å². The molecule has 0 amide bonds. The molecule has 1 rings (SSSR count). The Hall–Kier alpha value is -2.12. The van der Waals surface area contributed by atoms with Gasteiger partial charge in [0.25, 0.3) is 0 Å². The van der Waals surface area contributed by atoms with Crippen LogP contribution < -0.4 is 0 Å². The summed E-state index contributed by atoms with van der Waals surface area (Å²) in [5, 5.41) is 35.7.